The Bertz CT molecular complexity index is 2020. The zero-order valence-electron chi connectivity index (χ0n) is 26.2. The highest BCUT2D eigenvalue weighted by molar-refractivity contribution is 6.16. The number of esters is 1. The predicted molar refractivity (Wildman–Crippen MR) is 184 cm³/mol. The van der Waals surface area contributed by atoms with Crippen molar-refractivity contribution in [3.8, 4) is 5.75 Å². The second kappa shape index (κ2) is 11.7. The minimum absolute atomic E-state index is 0.326. The van der Waals surface area contributed by atoms with Gasteiger partial charge in [-0.05, 0) is 58.7 Å². The largest absolute Gasteiger partial charge is 0.497 e. The standard InChI is InChI=1S/C41H32N2O5/c1-47-30-23-20-27(21-24-30)37(44)35-36(39(45)48-38(28-13-4-2-5-14-28)29-15-6-3-7-16-29)43-33-19-11-8-12-26(33)22-25-34(43)41(35)31-17-9-10-18-32(31)42-40(41)46/h2-25,34-36,38H,1H3,(H,42,46). The molecule has 1 fully saturated rings. The van der Waals surface area contributed by atoms with Gasteiger partial charge < -0.3 is 19.7 Å². The van der Waals surface area contributed by atoms with Gasteiger partial charge in [-0.2, -0.15) is 0 Å². The molecular formula is C41H32N2O5. The quantitative estimate of drug-likeness (QED) is 0.154. The molecule has 0 aromatic heterocycles. The van der Waals surface area contributed by atoms with Crippen molar-refractivity contribution in [3.63, 3.8) is 0 Å². The molecule has 48 heavy (non-hydrogen) atoms. The number of rotatable bonds is 7. The molecule has 7 nitrogen and oxygen atoms in total. The third kappa shape index (κ3) is 4.46. The van der Waals surface area contributed by atoms with Crippen molar-refractivity contribution in [2.75, 3.05) is 17.3 Å². The number of anilines is 2. The lowest BCUT2D eigenvalue weighted by Crippen LogP contribution is -2.51. The molecule has 7 heteroatoms. The Balaban J connectivity index is 1.35. The normalized spacial score (nSPS) is 21.8. The summed E-state index contributed by atoms with van der Waals surface area (Å²) in [5.74, 6) is -1.80. The summed E-state index contributed by atoms with van der Waals surface area (Å²) in [6, 6.07) is 39.3. The minimum atomic E-state index is -1.43. The summed E-state index contributed by atoms with van der Waals surface area (Å²) in [5, 5.41) is 3.07. The third-order valence-electron chi connectivity index (χ3n) is 9.88. The fourth-order valence-corrected chi connectivity index (χ4v) is 7.80. The van der Waals surface area contributed by atoms with Gasteiger partial charge in [-0.3, -0.25) is 9.59 Å². The van der Waals surface area contributed by atoms with Gasteiger partial charge in [-0.15, -0.1) is 0 Å². The van der Waals surface area contributed by atoms with E-state index in [1.807, 2.05) is 126 Å². The second-order valence-electron chi connectivity index (χ2n) is 12.3. The molecule has 4 unspecified atom stereocenters. The van der Waals surface area contributed by atoms with Crippen LogP contribution in [0.3, 0.4) is 0 Å². The number of Topliss-reactive ketones (excluding diaryl/α,β-unsaturated/α-hetero) is 1. The Morgan fingerprint density at radius 2 is 1.40 bits per heavy atom. The van der Waals surface area contributed by atoms with E-state index in [0.717, 1.165) is 22.4 Å². The Morgan fingerprint density at radius 3 is 2.08 bits per heavy atom. The maximum atomic E-state index is 15.1. The molecule has 0 bridgehead atoms. The van der Waals surface area contributed by atoms with Crippen molar-refractivity contribution in [2.24, 2.45) is 5.92 Å². The smallest absolute Gasteiger partial charge is 0.330 e. The number of carbonyl (C=O) groups is 3. The first-order valence-electron chi connectivity index (χ1n) is 16.0. The number of carbonyl (C=O) groups excluding carboxylic acids is 3. The van der Waals surface area contributed by atoms with E-state index in [4.69, 9.17) is 9.47 Å². The van der Waals surface area contributed by atoms with E-state index >= 15 is 9.59 Å². The average molecular weight is 633 g/mol. The van der Waals surface area contributed by atoms with E-state index in [2.05, 4.69) is 5.32 Å². The van der Waals surface area contributed by atoms with Crippen LogP contribution in [0.5, 0.6) is 5.75 Å². The molecule has 1 N–H and O–H groups in total. The van der Waals surface area contributed by atoms with E-state index in [0.29, 0.717) is 22.6 Å². The average Bonchev–Trinajstić information content (AvgIpc) is 3.63. The summed E-state index contributed by atoms with van der Waals surface area (Å²) in [5.41, 5.74) is 3.47. The number of ether oxygens (including phenoxy) is 2. The van der Waals surface area contributed by atoms with Crippen molar-refractivity contribution >= 4 is 35.1 Å². The fourth-order valence-electron chi connectivity index (χ4n) is 7.80. The fraction of sp³-hybridized carbons (Fsp3) is 0.146. The molecule has 5 aromatic rings. The highest BCUT2D eigenvalue weighted by Gasteiger charge is 2.71. The van der Waals surface area contributed by atoms with Gasteiger partial charge in [0.05, 0.1) is 19.1 Å². The lowest BCUT2D eigenvalue weighted by Gasteiger charge is -2.37. The molecule has 4 atom stereocenters. The zero-order valence-corrected chi connectivity index (χ0v) is 26.2. The Kier molecular flexibility index (Phi) is 7.17. The number of nitrogens with one attached hydrogen (secondary N) is 1. The molecule has 3 aliphatic heterocycles. The monoisotopic (exact) mass is 632 g/mol. The van der Waals surface area contributed by atoms with Gasteiger partial charge in [0.25, 0.3) is 0 Å². The summed E-state index contributed by atoms with van der Waals surface area (Å²) in [7, 11) is 1.56. The van der Waals surface area contributed by atoms with Gasteiger partial charge in [-0.25, -0.2) is 4.79 Å². The van der Waals surface area contributed by atoms with Crippen LogP contribution in [0.4, 0.5) is 11.4 Å². The zero-order chi connectivity index (χ0) is 32.8. The first-order chi connectivity index (χ1) is 23.5. The van der Waals surface area contributed by atoms with Crippen molar-refractivity contribution in [2.45, 2.75) is 23.6 Å². The van der Waals surface area contributed by atoms with Gasteiger partial charge in [0.1, 0.15) is 17.2 Å². The molecule has 1 spiro atoms. The highest BCUT2D eigenvalue weighted by Crippen LogP contribution is 2.58. The molecule has 1 saturated heterocycles. The molecule has 236 valence electrons. The number of hydrogen-bond acceptors (Lipinski definition) is 6. The highest BCUT2D eigenvalue weighted by atomic mass is 16.5. The summed E-state index contributed by atoms with van der Waals surface area (Å²) < 4.78 is 11.9. The summed E-state index contributed by atoms with van der Waals surface area (Å²) in [6.45, 7) is 0. The van der Waals surface area contributed by atoms with Crippen LogP contribution in [0.2, 0.25) is 0 Å². The molecule has 3 heterocycles. The SMILES string of the molecule is COc1ccc(C(=O)C2C(C(=O)OC(c3ccccc3)c3ccccc3)N3c4ccccc4C=CC3C23C(=O)Nc2ccccc23)cc1. The molecule has 1 amide bonds. The van der Waals surface area contributed by atoms with Crippen LogP contribution >= 0.6 is 0 Å². The molecule has 0 saturated carbocycles. The number of benzene rings is 5. The van der Waals surface area contributed by atoms with E-state index in [1.165, 1.54) is 0 Å². The Morgan fingerprint density at radius 1 is 0.771 bits per heavy atom. The predicted octanol–water partition coefficient (Wildman–Crippen LogP) is 7.00. The number of nitrogens with zero attached hydrogens (tertiary/aromatic N) is 1. The van der Waals surface area contributed by atoms with Crippen LogP contribution in [-0.4, -0.2) is 36.9 Å². The minimum Gasteiger partial charge on any atom is -0.497 e. The number of amides is 1. The van der Waals surface area contributed by atoms with Gasteiger partial charge in [0.2, 0.25) is 5.91 Å². The van der Waals surface area contributed by atoms with Gasteiger partial charge in [0, 0.05) is 16.9 Å². The number of fused-ring (bicyclic) bond motifs is 6. The summed E-state index contributed by atoms with van der Waals surface area (Å²) >= 11 is 0. The Labute approximate surface area is 278 Å². The lowest BCUT2D eigenvalue weighted by molar-refractivity contribution is -0.150. The lowest BCUT2D eigenvalue weighted by atomic mass is 9.64. The molecular weight excluding hydrogens is 600 g/mol. The van der Waals surface area contributed by atoms with E-state index in [-0.39, 0.29) is 11.7 Å². The summed E-state index contributed by atoms with van der Waals surface area (Å²) in [6.07, 6.45) is 3.19. The molecule has 0 aliphatic carbocycles. The van der Waals surface area contributed by atoms with Crippen LogP contribution in [0.1, 0.15) is 38.7 Å². The first-order valence-corrected chi connectivity index (χ1v) is 16.0. The van der Waals surface area contributed by atoms with Crippen LogP contribution < -0.4 is 15.0 Å². The maximum Gasteiger partial charge on any atom is 0.330 e. The van der Waals surface area contributed by atoms with E-state index in [9.17, 15) is 4.79 Å². The number of para-hydroxylation sites is 2. The maximum absolute atomic E-state index is 15.1. The van der Waals surface area contributed by atoms with Gasteiger partial charge >= 0.3 is 5.97 Å². The van der Waals surface area contributed by atoms with Crippen LogP contribution in [0.25, 0.3) is 6.08 Å². The third-order valence-corrected chi connectivity index (χ3v) is 9.88. The summed E-state index contributed by atoms with van der Waals surface area (Å²) in [4.78, 5) is 46.7. The van der Waals surface area contributed by atoms with Crippen molar-refractivity contribution in [1.82, 2.24) is 0 Å². The molecule has 0 radical (unpaired) electrons. The van der Waals surface area contributed by atoms with E-state index in [1.54, 1.807) is 31.4 Å². The van der Waals surface area contributed by atoms with E-state index < -0.39 is 35.5 Å². The topological polar surface area (TPSA) is 84.9 Å². The second-order valence-corrected chi connectivity index (χ2v) is 12.3. The molecule has 5 aromatic carbocycles. The van der Waals surface area contributed by atoms with Gasteiger partial charge in [-0.1, -0.05) is 109 Å². The first kappa shape index (κ1) is 29.5. The van der Waals surface area contributed by atoms with Crippen molar-refractivity contribution < 1.29 is 23.9 Å². The number of hydrogen-bond donors (Lipinski definition) is 1. The van der Waals surface area contributed by atoms with Crippen LogP contribution in [0, 0.1) is 5.92 Å². The number of methoxy groups -OCH3 is 1. The Hall–Kier alpha value is -5.95. The van der Waals surface area contributed by atoms with Crippen molar-refractivity contribution in [1.29, 1.82) is 0 Å². The number of ketones is 1. The molecule has 3 aliphatic rings. The van der Waals surface area contributed by atoms with Gasteiger partial charge in [0.15, 0.2) is 11.9 Å². The van der Waals surface area contributed by atoms with Crippen LogP contribution in [-0.2, 0) is 19.7 Å². The molecule has 8 rings (SSSR count). The van der Waals surface area contributed by atoms with Crippen LogP contribution in [0.15, 0.2) is 140 Å². The van der Waals surface area contributed by atoms with Crippen molar-refractivity contribution in [3.05, 3.63) is 167 Å².